The lowest BCUT2D eigenvalue weighted by Gasteiger charge is -2.38. The molecule has 244 valence electrons. The average molecular weight is 650 g/mol. The summed E-state index contributed by atoms with van der Waals surface area (Å²) < 4.78 is 45.7. The lowest BCUT2D eigenvalue weighted by Crippen LogP contribution is -2.52. The Kier molecular flexibility index (Phi) is 10.1. The molecule has 2 fully saturated rings. The molecule has 1 atom stereocenters. The number of para-hydroxylation sites is 1. The summed E-state index contributed by atoms with van der Waals surface area (Å²) in [6.45, 7) is 2.20. The van der Waals surface area contributed by atoms with Crippen LogP contribution in [0.5, 0.6) is 0 Å². The molecule has 2 saturated heterocycles. The Hall–Kier alpha value is -3.51. The fourth-order valence-corrected chi connectivity index (χ4v) is 6.72. The summed E-state index contributed by atoms with van der Waals surface area (Å²) in [5, 5.41) is 2.51. The molecule has 1 N–H and O–H groups in total. The maximum atomic E-state index is 13.7. The fraction of sp³-hybridized carbons (Fsp3) is 0.531. The zero-order chi connectivity index (χ0) is 32.3. The first-order valence-electron chi connectivity index (χ1n) is 15.3. The van der Waals surface area contributed by atoms with Crippen LogP contribution in [-0.2, 0) is 28.5 Å². The number of piperidine rings is 2. The first-order valence-corrected chi connectivity index (χ1v) is 15.7. The zero-order valence-electron chi connectivity index (χ0n) is 25.5. The monoisotopic (exact) mass is 649 g/mol. The molecule has 2 aromatic rings. The van der Waals surface area contributed by atoms with Crippen LogP contribution in [0.3, 0.4) is 0 Å². The normalized spacial score (nSPS) is 19.2. The summed E-state index contributed by atoms with van der Waals surface area (Å²) in [5.41, 5.74) is 1.27. The van der Waals surface area contributed by atoms with Gasteiger partial charge in [0.2, 0.25) is 0 Å². The molecule has 5 rings (SSSR count). The van der Waals surface area contributed by atoms with E-state index in [0.717, 1.165) is 36.6 Å². The van der Waals surface area contributed by atoms with Crippen LogP contribution >= 0.6 is 11.6 Å². The number of fused-ring (bicyclic) bond motifs is 1. The van der Waals surface area contributed by atoms with E-state index >= 15 is 0 Å². The molecule has 4 amide bonds. The van der Waals surface area contributed by atoms with Crippen LogP contribution in [0.2, 0.25) is 5.02 Å². The van der Waals surface area contributed by atoms with Crippen molar-refractivity contribution < 1.29 is 32.3 Å². The number of nitrogens with zero attached hydrogens (tertiary/aromatic N) is 4. The fourth-order valence-electron chi connectivity index (χ4n) is 6.41. The van der Waals surface area contributed by atoms with E-state index in [2.05, 4.69) is 10.2 Å². The Bertz CT molecular complexity index is 1390. The van der Waals surface area contributed by atoms with E-state index < -0.39 is 29.0 Å². The van der Waals surface area contributed by atoms with Crippen molar-refractivity contribution in [2.24, 2.45) is 0 Å². The van der Waals surface area contributed by atoms with Crippen molar-refractivity contribution in [2.75, 3.05) is 52.1 Å². The van der Waals surface area contributed by atoms with Crippen molar-refractivity contribution in [3.63, 3.8) is 0 Å². The molecule has 2 aromatic carbocycles. The topological polar surface area (TPSA) is 85.4 Å². The Morgan fingerprint density at radius 2 is 1.67 bits per heavy atom. The molecule has 0 spiro atoms. The molecule has 45 heavy (non-hydrogen) atoms. The number of urea groups is 1. The van der Waals surface area contributed by atoms with Crippen LogP contribution in [-0.4, -0.2) is 103 Å². The van der Waals surface area contributed by atoms with E-state index in [1.54, 1.807) is 4.90 Å². The number of amides is 4. The van der Waals surface area contributed by atoms with Gasteiger partial charge in [0.25, 0.3) is 5.91 Å². The van der Waals surface area contributed by atoms with Gasteiger partial charge in [-0.3, -0.25) is 4.79 Å². The van der Waals surface area contributed by atoms with Crippen LogP contribution < -0.4 is 5.32 Å². The summed E-state index contributed by atoms with van der Waals surface area (Å²) in [4.78, 5) is 47.2. The van der Waals surface area contributed by atoms with E-state index in [-0.39, 0.29) is 24.4 Å². The third kappa shape index (κ3) is 7.84. The predicted octanol–water partition coefficient (Wildman–Crippen LogP) is 5.51. The van der Waals surface area contributed by atoms with Gasteiger partial charge in [-0.15, -0.1) is 0 Å². The summed E-state index contributed by atoms with van der Waals surface area (Å²) >= 11 is 5.96. The number of anilines is 1. The quantitative estimate of drug-likeness (QED) is 0.446. The molecule has 0 aliphatic carbocycles. The van der Waals surface area contributed by atoms with Gasteiger partial charge in [0.15, 0.2) is 6.10 Å². The van der Waals surface area contributed by atoms with Crippen molar-refractivity contribution in [3.8, 4) is 0 Å². The molecule has 0 radical (unpaired) electrons. The van der Waals surface area contributed by atoms with Gasteiger partial charge in [0, 0.05) is 56.9 Å². The lowest BCUT2D eigenvalue weighted by atomic mass is 10.0. The lowest BCUT2D eigenvalue weighted by molar-refractivity contribution is -0.142. The van der Waals surface area contributed by atoms with Crippen LogP contribution in [0, 0.1) is 0 Å². The second kappa shape index (κ2) is 13.9. The molecule has 13 heteroatoms. The molecule has 3 aliphatic rings. The van der Waals surface area contributed by atoms with Gasteiger partial charge in [-0.2, -0.15) is 13.2 Å². The zero-order valence-corrected chi connectivity index (χ0v) is 26.2. The molecular weight excluding hydrogens is 611 g/mol. The van der Waals surface area contributed by atoms with Gasteiger partial charge in [0.1, 0.15) is 0 Å². The van der Waals surface area contributed by atoms with E-state index in [1.807, 2.05) is 43.3 Å². The minimum Gasteiger partial charge on any atom is -0.436 e. The first kappa shape index (κ1) is 32.9. The molecule has 0 aromatic heterocycles. The number of halogens is 4. The number of ether oxygens (including phenoxy) is 1. The van der Waals surface area contributed by atoms with Crippen LogP contribution in [0.25, 0.3) is 0 Å². The van der Waals surface area contributed by atoms with Gasteiger partial charge < -0.3 is 29.7 Å². The third-order valence-electron chi connectivity index (χ3n) is 9.09. The van der Waals surface area contributed by atoms with E-state index in [1.165, 1.54) is 17.0 Å². The van der Waals surface area contributed by atoms with Crippen LogP contribution in [0.1, 0.15) is 42.4 Å². The van der Waals surface area contributed by atoms with Gasteiger partial charge in [0.05, 0.1) is 10.6 Å². The Balaban J connectivity index is 1.24. The number of benzene rings is 2. The van der Waals surface area contributed by atoms with Gasteiger partial charge in [-0.25, -0.2) is 9.59 Å². The average Bonchev–Trinajstić information content (AvgIpc) is 3.18. The van der Waals surface area contributed by atoms with Crippen molar-refractivity contribution in [1.29, 1.82) is 0 Å². The number of nitrogens with one attached hydrogen (secondary N) is 1. The molecule has 3 aliphatic heterocycles. The summed E-state index contributed by atoms with van der Waals surface area (Å²) in [5.74, 6) is -0.382. The minimum absolute atomic E-state index is 0.0620. The predicted molar refractivity (Wildman–Crippen MR) is 164 cm³/mol. The molecule has 1 unspecified atom stereocenters. The maximum absolute atomic E-state index is 13.7. The number of carbonyl (C=O) groups is 3. The standard InChI is InChI=1S/C32H39ClF3N5O4/c1-38(2)23-10-14-39(15-11-23)29(42)28(20-21-7-8-25(26(33)19-21)32(34,35)36)45-31(44)40-16-12-24(13-17-40)41-18-9-22-5-3-4-6-27(22)37-30(41)43/h3-8,19,23-24,28H,9-18,20H2,1-2H3,(H,37,43). The smallest absolute Gasteiger partial charge is 0.417 e. The number of hydrogen-bond acceptors (Lipinski definition) is 5. The van der Waals surface area contributed by atoms with E-state index in [0.29, 0.717) is 57.2 Å². The molecular formula is C32H39ClF3N5O4. The summed E-state index contributed by atoms with van der Waals surface area (Å²) in [6, 6.07) is 11.1. The second-order valence-corrected chi connectivity index (χ2v) is 12.6. The van der Waals surface area contributed by atoms with Gasteiger partial charge in [-0.1, -0.05) is 35.9 Å². The highest BCUT2D eigenvalue weighted by molar-refractivity contribution is 6.31. The Morgan fingerprint density at radius 3 is 2.31 bits per heavy atom. The van der Waals surface area contributed by atoms with Crippen LogP contribution in [0.4, 0.5) is 28.4 Å². The van der Waals surface area contributed by atoms with Crippen molar-refractivity contribution >= 4 is 35.3 Å². The highest BCUT2D eigenvalue weighted by Crippen LogP contribution is 2.35. The van der Waals surface area contributed by atoms with Gasteiger partial charge in [-0.05, 0) is 75.5 Å². The maximum Gasteiger partial charge on any atom is 0.417 e. The first-order chi connectivity index (χ1) is 21.4. The van der Waals surface area contributed by atoms with Crippen molar-refractivity contribution in [2.45, 2.75) is 62.9 Å². The molecule has 3 heterocycles. The highest BCUT2D eigenvalue weighted by Gasteiger charge is 2.37. The number of alkyl halides is 3. The highest BCUT2D eigenvalue weighted by atomic mass is 35.5. The Labute approximate surface area is 266 Å². The molecule has 0 saturated carbocycles. The van der Waals surface area contributed by atoms with Gasteiger partial charge >= 0.3 is 18.3 Å². The van der Waals surface area contributed by atoms with E-state index in [9.17, 15) is 27.6 Å². The number of hydrogen-bond donors (Lipinski definition) is 1. The van der Waals surface area contributed by atoms with E-state index in [4.69, 9.17) is 16.3 Å². The summed E-state index contributed by atoms with van der Waals surface area (Å²) in [7, 11) is 3.98. The number of likely N-dealkylation sites (tertiary alicyclic amines) is 2. The Morgan fingerprint density at radius 1 is 1.00 bits per heavy atom. The SMILES string of the molecule is CN(C)C1CCN(C(=O)C(Cc2ccc(C(F)(F)F)c(Cl)c2)OC(=O)N2CCC(N3CCc4ccccc4NC3=O)CC2)CC1. The number of carbonyl (C=O) groups excluding carboxylic acids is 3. The summed E-state index contributed by atoms with van der Waals surface area (Å²) in [6.07, 6.45) is -3.29. The second-order valence-electron chi connectivity index (χ2n) is 12.2. The van der Waals surface area contributed by atoms with Crippen molar-refractivity contribution in [3.05, 3.63) is 64.2 Å². The number of rotatable bonds is 6. The van der Waals surface area contributed by atoms with Crippen LogP contribution in [0.15, 0.2) is 42.5 Å². The largest absolute Gasteiger partial charge is 0.436 e. The van der Waals surface area contributed by atoms with Crippen molar-refractivity contribution in [1.82, 2.24) is 19.6 Å². The third-order valence-corrected chi connectivity index (χ3v) is 9.40. The molecule has 9 nitrogen and oxygen atoms in total. The molecule has 0 bridgehead atoms. The minimum atomic E-state index is -4.61.